The lowest BCUT2D eigenvalue weighted by Crippen LogP contribution is -2.38. The van der Waals surface area contributed by atoms with E-state index in [1.54, 1.807) is 7.11 Å². The Hall–Kier alpha value is -1.10. The topological polar surface area (TPSA) is 41.7 Å². The second-order valence-corrected chi connectivity index (χ2v) is 5.36. The summed E-state index contributed by atoms with van der Waals surface area (Å²) in [7, 11) is 5.90. The molecule has 4 heteroatoms. The molecule has 0 radical (unpaired) electrons. The van der Waals surface area contributed by atoms with E-state index in [0.717, 1.165) is 31.8 Å². The molecule has 0 aliphatic heterocycles. The number of hydrogen-bond donors (Lipinski definition) is 1. The van der Waals surface area contributed by atoms with Crippen LogP contribution in [0.5, 0.6) is 5.75 Å². The fourth-order valence-corrected chi connectivity index (χ4v) is 2.36. The fraction of sp³-hybridized carbons (Fsp3) is 0.625. The third-order valence-corrected chi connectivity index (χ3v) is 3.51. The van der Waals surface area contributed by atoms with Gasteiger partial charge in [-0.15, -0.1) is 0 Å². The van der Waals surface area contributed by atoms with E-state index in [4.69, 9.17) is 10.5 Å². The van der Waals surface area contributed by atoms with Crippen molar-refractivity contribution in [1.29, 1.82) is 0 Å². The molecule has 0 fully saturated rings. The Balaban J connectivity index is 2.81. The van der Waals surface area contributed by atoms with Gasteiger partial charge in [-0.05, 0) is 44.8 Å². The second kappa shape index (κ2) is 8.95. The third-order valence-electron chi connectivity index (χ3n) is 3.51. The van der Waals surface area contributed by atoms with Crippen LogP contribution in [0.25, 0.3) is 0 Å². The molecule has 114 valence electrons. The SMILES string of the molecule is CCCN(CCN(C)C)C(CN)c1ccc(OC)cc1. The monoisotopic (exact) mass is 279 g/mol. The first kappa shape index (κ1) is 17.0. The highest BCUT2D eigenvalue weighted by Gasteiger charge is 2.18. The molecule has 0 aliphatic carbocycles. The summed E-state index contributed by atoms with van der Waals surface area (Å²) in [6.45, 7) is 6.01. The van der Waals surface area contributed by atoms with Gasteiger partial charge in [-0.1, -0.05) is 19.1 Å². The highest BCUT2D eigenvalue weighted by molar-refractivity contribution is 5.29. The molecule has 1 unspecified atom stereocenters. The molecule has 0 heterocycles. The van der Waals surface area contributed by atoms with E-state index in [1.807, 2.05) is 12.1 Å². The number of benzene rings is 1. The van der Waals surface area contributed by atoms with Crippen molar-refractivity contribution in [2.24, 2.45) is 5.73 Å². The summed E-state index contributed by atoms with van der Waals surface area (Å²) in [5.74, 6) is 0.889. The Morgan fingerprint density at radius 1 is 1.10 bits per heavy atom. The van der Waals surface area contributed by atoms with Crippen molar-refractivity contribution in [2.75, 3.05) is 47.4 Å². The maximum absolute atomic E-state index is 6.03. The lowest BCUT2D eigenvalue weighted by molar-refractivity contribution is 0.182. The fourth-order valence-electron chi connectivity index (χ4n) is 2.36. The summed E-state index contributed by atoms with van der Waals surface area (Å²) in [5.41, 5.74) is 7.29. The quantitative estimate of drug-likeness (QED) is 0.750. The first-order valence-corrected chi connectivity index (χ1v) is 7.35. The Bertz CT molecular complexity index is 364. The average Bonchev–Trinajstić information content (AvgIpc) is 2.46. The highest BCUT2D eigenvalue weighted by Crippen LogP contribution is 2.22. The van der Waals surface area contributed by atoms with Gasteiger partial charge in [-0.3, -0.25) is 4.90 Å². The molecule has 0 amide bonds. The molecule has 20 heavy (non-hydrogen) atoms. The number of methoxy groups -OCH3 is 1. The average molecular weight is 279 g/mol. The molecule has 0 bridgehead atoms. The van der Waals surface area contributed by atoms with Gasteiger partial charge in [0.2, 0.25) is 0 Å². The minimum Gasteiger partial charge on any atom is -0.497 e. The summed E-state index contributed by atoms with van der Waals surface area (Å²) in [6.07, 6.45) is 1.14. The lowest BCUT2D eigenvalue weighted by Gasteiger charge is -2.32. The van der Waals surface area contributed by atoms with Crippen LogP contribution in [0.3, 0.4) is 0 Å². The van der Waals surface area contributed by atoms with Gasteiger partial charge in [0.05, 0.1) is 7.11 Å². The third kappa shape index (κ3) is 5.12. The van der Waals surface area contributed by atoms with Crippen molar-refractivity contribution >= 4 is 0 Å². The second-order valence-electron chi connectivity index (χ2n) is 5.36. The summed E-state index contributed by atoms with van der Waals surface area (Å²) < 4.78 is 5.22. The van der Waals surface area contributed by atoms with Crippen molar-refractivity contribution in [1.82, 2.24) is 9.80 Å². The molecular formula is C16H29N3O. The molecule has 4 nitrogen and oxygen atoms in total. The maximum Gasteiger partial charge on any atom is 0.118 e. The first-order valence-electron chi connectivity index (χ1n) is 7.35. The molecule has 2 N–H and O–H groups in total. The van der Waals surface area contributed by atoms with E-state index in [0.29, 0.717) is 6.54 Å². The lowest BCUT2D eigenvalue weighted by atomic mass is 10.0. The van der Waals surface area contributed by atoms with Crippen LogP contribution in [-0.2, 0) is 0 Å². The van der Waals surface area contributed by atoms with Gasteiger partial charge in [-0.2, -0.15) is 0 Å². The number of hydrogen-bond acceptors (Lipinski definition) is 4. The minimum atomic E-state index is 0.279. The zero-order valence-electron chi connectivity index (χ0n) is 13.3. The Kier molecular flexibility index (Phi) is 7.59. The molecule has 1 rings (SSSR count). The van der Waals surface area contributed by atoms with Crippen LogP contribution in [0.15, 0.2) is 24.3 Å². The van der Waals surface area contributed by atoms with Crippen molar-refractivity contribution in [3.63, 3.8) is 0 Å². The molecule has 0 aromatic heterocycles. The normalized spacial score (nSPS) is 12.9. The van der Waals surface area contributed by atoms with Crippen LogP contribution < -0.4 is 10.5 Å². The van der Waals surface area contributed by atoms with E-state index in [1.165, 1.54) is 5.56 Å². The molecule has 1 aromatic rings. The van der Waals surface area contributed by atoms with Crippen molar-refractivity contribution in [3.8, 4) is 5.75 Å². The van der Waals surface area contributed by atoms with Gasteiger partial charge in [0.25, 0.3) is 0 Å². The first-order chi connectivity index (χ1) is 9.62. The van der Waals surface area contributed by atoms with Crippen LogP contribution in [0.4, 0.5) is 0 Å². The molecule has 0 saturated heterocycles. The smallest absolute Gasteiger partial charge is 0.118 e. The molecule has 0 saturated carbocycles. The molecule has 0 spiro atoms. The van der Waals surface area contributed by atoms with Crippen molar-refractivity contribution in [3.05, 3.63) is 29.8 Å². The number of likely N-dealkylation sites (N-methyl/N-ethyl adjacent to an activating group) is 1. The predicted octanol–water partition coefficient (Wildman–Crippen LogP) is 1.97. The van der Waals surface area contributed by atoms with E-state index in [2.05, 4.69) is 43.0 Å². The van der Waals surface area contributed by atoms with Crippen molar-refractivity contribution < 1.29 is 4.74 Å². The Morgan fingerprint density at radius 3 is 2.20 bits per heavy atom. The molecular weight excluding hydrogens is 250 g/mol. The van der Waals surface area contributed by atoms with Crippen LogP contribution in [-0.4, -0.2) is 57.2 Å². The van der Waals surface area contributed by atoms with Gasteiger partial charge < -0.3 is 15.4 Å². The van der Waals surface area contributed by atoms with E-state index in [9.17, 15) is 0 Å². The Morgan fingerprint density at radius 2 is 1.75 bits per heavy atom. The van der Waals surface area contributed by atoms with E-state index >= 15 is 0 Å². The van der Waals surface area contributed by atoms with Crippen LogP contribution in [0.2, 0.25) is 0 Å². The van der Waals surface area contributed by atoms with Crippen LogP contribution in [0.1, 0.15) is 24.9 Å². The predicted molar refractivity (Wildman–Crippen MR) is 85.2 cm³/mol. The maximum atomic E-state index is 6.03. The Labute approximate surface area is 123 Å². The van der Waals surface area contributed by atoms with Crippen LogP contribution in [0, 0.1) is 0 Å². The van der Waals surface area contributed by atoms with Gasteiger partial charge in [0.1, 0.15) is 5.75 Å². The van der Waals surface area contributed by atoms with Gasteiger partial charge >= 0.3 is 0 Å². The van der Waals surface area contributed by atoms with Gasteiger partial charge in [0, 0.05) is 25.7 Å². The standard InChI is InChI=1S/C16H29N3O/c1-5-10-19(12-11-18(2)3)16(13-17)14-6-8-15(20-4)9-7-14/h6-9,16H,5,10-13,17H2,1-4H3. The summed E-state index contributed by atoms with van der Waals surface area (Å²) in [6, 6.07) is 8.53. The largest absolute Gasteiger partial charge is 0.497 e. The van der Waals surface area contributed by atoms with Crippen LogP contribution >= 0.6 is 0 Å². The number of nitrogens with two attached hydrogens (primary N) is 1. The summed E-state index contributed by atoms with van der Waals surface area (Å²) >= 11 is 0. The zero-order valence-corrected chi connectivity index (χ0v) is 13.3. The zero-order chi connectivity index (χ0) is 15.0. The number of rotatable bonds is 9. The highest BCUT2D eigenvalue weighted by atomic mass is 16.5. The number of ether oxygens (including phenoxy) is 1. The van der Waals surface area contributed by atoms with Crippen molar-refractivity contribution in [2.45, 2.75) is 19.4 Å². The van der Waals surface area contributed by atoms with Gasteiger partial charge in [0.15, 0.2) is 0 Å². The molecule has 1 aromatic carbocycles. The van der Waals surface area contributed by atoms with Gasteiger partial charge in [-0.25, -0.2) is 0 Å². The van der Waals surface area contributed by atoms with E-state index in [-0.39, 0.29) is 6.04 Å². The minimum absolute atomic E-state index is 0.279. The molecule has 1 atom stereocenters. The molecule has 0 aliphatic rings. The number of nitrogens with zero attached hydrogens (tertiary/aromatic N) is 2. The summed E-state index contributed by atoms with van der Waals surface area (Å²) in [4.78, 5) is 4.69. The van der Waals surface area contributed by atoms with E-state index < -0.39 is 0 Å². The summed E-state index contributed by atoms with van der Waals surface area (Å²) in [5, 5.41) is 0.